The first-order valence-electron chi connectivity index (χ1n) is 4.51. The Labute approximate surface area is 96.4 Å². The van der Waals surface area contributed by atoms with Gasteiger partial charge in [-0.3, -0.25) is 15.1 Å². The molecule has 0 atom stereocenters. The first-order chi connectivity index (χ1) is 7.66. The Morgan fingerprint density at radius 1 is 1.56 bits per heavy atom. The maximum atomic E-state index is 11.7. The van der Waals surface area contributed by atoms with Gasteiger partial charge in [0.15, 0.2) is 0 Å². The van der Waals surface area contributed by atoms with Crippen molar-refractivity contribution in [1.29, 1.82) is 0 Å². The molecule has 0 bridgehead atoms. The number of aromatic nitrogens is 2. The Bertz CT molecular complexity index is 524. The standard InChI is InChI=1S/C10H8ClN3O2/c1-6-4-9(16-14-6)13-10(15)7-5-12-3-2-8(7)11/h2-5H,1H3,(H,13,15). The summed E-state index contributed by atoms with van der Waals surface area (Å²) in [5, 5.41) is 6.51. The molecule has 0 saturated heterocycles. The minimum Gasteiger partial charge on any atom is -0.338 e. The second-order valence-corrected chi connectivity index (χ2v) is 3.55. The van der Waals surface area contributed by atoms with Crippen molar-refractivity contribution in [2.75, 3.05) is 5.32 Å². The molecule has 0 aliphatic rings. The zero-order valence-electron chi connectivity index (χ0n) is 8.40. The molecule has 2 aromatic heterocycles. The summed E-state index contributed by atoms with van der Waals surface area (Å²) >= 11 is 5.84. The molecule has 1 N–H and O–H groups in total. The van der Waals surface area contributed by atoms with E-state index in [0.29, 0.717) is 16.3 Å². The molecule has 0 unspecified atom stereocenters. The molecule has 2 aromatic rings. The summed E-state index contributed by atoms with van der Waals surface area (Å²) in [6, 6.07) is 3.16. The highest BCUT2D eigenvalue weighted by molar-refractivity contribution is 6.34. The summed E-state index contributed by atoms with van der Waals surface area (Å²) < 4.78 is 4.85. The van der Waals surface area contributed by atoms with Crippen LogP contribution in [0.3, 0.4) is 0 Å². The largest absolute Gasteiger partial charge is 0.338 e. The van der Waals surface area contributed by atoms with Gasteiger partial charge >= 0.3 is 0 Å². The molecule has 0 aromatic carbocycles. The molecule has 2 rings (SSSR count). The minimum absolute atomic E-state index is 0.280. The molecule has 16 heavy (non-hydrogen) atoms. The molecular weight excluding hydrogens is 230 g/mol. The molecular formula is C10H8ClN3O2. The molecule has 0 radical (unpaired) electrons. The van der Waals surface area contributed by atoms with Crippen LogP contribution in [0.1, 0.15) is 16.1 Å². The molecule has 0 fully saturated rings. The van der Waals surface area contributed by atoms with Crippen molar-refractivity contribution in [1.82, 2.24) is 10.1 Å². The van der Waals surface area contributed by atoms with Gasteiger partial charge in [-0.15, -0.1) is 0 Å². The van der Waals surface area contributed by atoms with Crippen molar-refractivity contribution < 1.29 is 9.32 Å². The van der Waals surface area contributed by atoms with Gasteiger partial charge in [-0.25, -0.2) is 0 Å². The Morgan fingerprint density at radius 3 is 3.00 bits per heavy atom. The number of nitrogens with one attached hydrogen (secondary N) is 1. The molecule has 0 spiro atoms. The Morgan fingerprint density at radius 2 is 2.38 bits per heavy atom. The third kappa shape index (κ3) is 2.20. The van der Waals surface area contributed by atoms with E-state index in [4.69, 9.17) is 16.1 Å². The molecule has 82 valence electrons. The van der Waals surface area contributed by atoms with Gasteiger partial charge in [-0.1, -0.05) is 16.8 Å². The van der Waals surface area contributed by atoms with Crippen molar-refractivity contribution >= 4 is 23.4 Å². The average Bonchev–Trinajstić information content (AvgIpc) is 2.64. The van der Waals surface area contributed by atoms with Gasteiger partial charge in [0, 0.05) is 18.5 Å². The van der Waals surface area contributed by atoms with Crippen LogP contribution in [-0.4, -0.2) is 16.0 Å². The summed E-state index contributed by atoms with van der Waals surface area (Å²) in [6.07, 6.45) is 2.90. The van der Waals surface area contributed by atoms with Gasteiger partial charge in [0.05, 0.1) is 16.3 Å². The van der Waals surface area contributed by atoms with Gasteiger partial charge < -0.3 is 4.52 Å². The molecule has 0 aliphatic carbocycles. The number of pyridine rings is 1. The van der Waals surface area contributed by atoms with E-state index in [1.165, 1.54) is 12.4 Å². The highest BCUT2D eigenvalue weighted by Gasteiger charge is 2.12. The topological polar surface area (TPSA) is 68.0 Å². The second-order valence-electron chi connectivity index (χ2n) is 3.14. The van der Waals surface area contributed by atoms with Gasteiger partial charge in [0.2, 0.25) is 5.88 Å². The number of rotatable bonds is 2. The van der Waals surface area contributed by atoms with Crippen molar-refractivity contribution in [3.8, 4) is 0 Å². The van der Waals surface area contributed by atoms with Crippen molar-refractivity contribution in [3.05, 3.63) is 40.8 Å². The lowest BCUT2D eigenvalue weighted by Gasteiger charge is -2.01. The minimum atomic E-state index is -0.380. The summed E-state index contributed by atoms with van der Waals surface area (Å²) in [5.74, 6) is -0.100. The van der Waals surface area contributed by atoms with Crippen molar-refractivity contribution in [2.45, 2.75) is 6.92 Å². The lowest BCUT2D eigenvalue weighted by atomic mass is 10.2. The number of anilines is 1. The van der Waals surface area contributed by atoms with E-state index in [0.717, 1.165) is 0 Å². The van der Waals surface area contributed by atoms with Crippen LogP contribution in [0.5, 0.6) is 0 Å². The predicted octanol–water partition coefficient (Wildman–Crippen LogP) is 2.28. The van der Waals surface area contributed by atoms with E-state index in [1.54, 1.807) is 19.1 Å². The highest BCUT2D eigenvalue weighted by atomic mass is 35.5. The SMILES string of the molecule is Cc1cc(NC(=O)c2cnccc2Cl)on1. The zero-order chi connectivity index (χ0) is 11.5. The van der Waals surface area contributed by atoms with Gasteiger partial charge in [-0.2, -0.15) is 0 Å². The average molecular weight is 238 g/mol. The van der Waals surface area contributed by atoms with E-state index in [2.05, 4.69) is 15.5 Å². The van der Waals surface area contributed by atoms with Gasteiger partial charge in [-0.05, 0) is 13.0 Å². The maximum Gasteiger partial charge on any atom is 0.261 e. The van der Waals surface area contributed by atoms with Crippen molar-refractivity contribution in [3.63, 3.8) is 0 Å². The smallest absolute Gasteiger partial charge is 0.261 e. The number of aryl methyl sites for hydroxylation is 1. The van der Waals surface area contributed by atoms with E-state index in [-0.39, 0.29) is 11.8 Å². The Balaban J connectivity index is 2.18. The van der Waals surface area contributed by atoms with E-state index < -0.39 is 0 Å². The monoisotopic (exact) mass is 237 g/mol. The quantitative estimate of drug-likeness (QED) is 0.870. The van der Waals surface area contributed by atoms with Crippen LogP contribution in [0.25, 0.3) is 0 Å². The van der Waals surface area contributed by atoms with Crippen LogP contribution in [-0.2, 0) is 0 Å². The predicted molar refractivity (Wildman–Crippen MR) is 58.4 cm³/mol. The number of halogens is 1. The first-order valence-corrected chi connectivity index (χ1v) is 4.89. The van der Waals surface area contributed by atoms with Gasteiger partial charge in [0.1, 0.15) is 0 Å². The fourth-order valence-electron chi connectivity index (χ4n) is 1.15. The van der Waals surface area contributed by atoms with E-state index >= 15 is 0 Å². The number of hydrogen-bond donors (Lipinski definition) is 1. The molecule has 0 aliphatic heterocycles. The van der Waals surface area contributed by atoms with Crippen LogP contribution < -0.4 is 5.32 Å². The molecule has 2 heterocycles. The third-order valence-electron chi connectivity index (χ3n) is 1.88. The van der Waals surface area contributed by atoms with Gasteiger partial charge in [0.25, 0.3) is 5.91 Å². The molecule has 0 saturated carbocycles. The maximum absolute atomic E-state index is 11.7. The number of carbonyl (C=O) groups is 1. The summed E-state index contributed by atoms with van der Waals surface area (Å²) in [7, 11) is 0. The number of nitrogens with zero attached hydrogens (tertiary/aromatic N) is 2. The lowest BCUT2D eigenvalue weighted by Crippen LogP contribution is -2.12. The zero-order valence-corrected chi connectivity index (χ0v) is 9.15. The van der Waals surface area contributed by atoms with E-state index in [9.17, 15) is 4.79 Å². The second kappa shape index (κ2) is 4.32. The summed E-state index contributed by atoms with van der Waals surface area (Å²) in [4.78, 5) is 15.5. The fraction of sp³-hybridized carbons (Fsp3) is 0.100. The summed E-state index contributed by atoms with van der Waals surface area (Å²) in [6.45, 7) is 1.76. The van der Waals surface area contributed by atoms with Crippen LogP contribution in [0.2, 0.25) is 5.02 Å². The number of hydrogen-bond acceptors (Lipinski definition) is 4. The van der Waals surface area contributed by atoms with E-state index in [1.807, 2.05) is 0 Å². The lowest BCUT2D eigenvalue weighted by molar-refractivity contribution is 0.102. The first kappa shape index (κ1) is 10.6. The highest BCUT2D eigenvalue weighted by Crippen LogP contribution is 2.16. The third-order valence-corrected chi connectivity index (χ3v) is 2.21. The Hall–Kier alpha value is -1.88. The fourth-order valence-corrected chi connectivity index (χ4v) is 1.34. The molecule has 1 amide bonds. The molecule has 5 nitrogen and oxygen atoms in total. The molecule has 6 heteroatoms. The van der Waals surface area contributed by atoms with Crippen LogP contribution in [0, 0.1) is 6.92 Å². The normalized spacial score (nSPS) is 10.1. The van der Waals surface area contributed by atoms with Crippen LogP contribution >= 0.6 is 11.6 Å². The van der Waals surface area contributed by atoms with Crippen molar-refractivity contribution in [2.24, 2.45) is 0 Å². The number of amides is 1. The Kier molecular flexibility index (Phi) is 2.87. The van der Waals surface area contributed by atoms with Crippen LogP contribution in [0.4, 0.5) is 5.88 Å². The van der Waals surface area contributed by atoms with Crippen LogP contribution in [0.15, 0.2) is 29.0 Å². The summed E-state index contributed by atoms with van der Waals surface area (Å²) in [5.41, 5.74) is 0.978. The number of carbonyl (C=O) groups excluding carboxylic acids is 1.